The molecule has 0 aliphatic heterocycles. The first-order valence-electron chi connectivity index (χ1n) is 5.95. The number of H-pyrrole nitrogens is 1. The highest BCUT2D eigenvalue weighted by Crippen LogP contribution is 2.31. The first-order chi connectivity index (χ1) is 9.40. The molecular weight excluding hydrogens is 287 g/mol. The van der Waals surface area contributed by atoms with Gasteiger partial charge < -0.3 is 9.72 Å². The summed E-state index contributed by atoms with van der Waals surface area (Å²) in [6.07, 6.45) is -4.41. The summed E-state index contributed by atoms with van der Waals surface area (Å²) >= 11 is 4.84. The zero-order chi connectivity index (χ0) is 14.8. The van der Waals surface area contributed by atoms with Crippen LogP contribution in [0.2, 0.25) is 0 Å². The smallest absolute Gasteiger partial charge is 0.416 e. The van der Waals surface area contributed by atoms with E-state index in [2.05, 4.69) is 4.98 Å². The highest BCUT2D eigenvalue weighted by molar-refractivity contribution is 7.71. The number of benzene rings is 1. The lowest BCUT2D eigenvalue weighted by molar-refractivity contribution is -0.137. The van der Waals surface area contributed by atoms with E-state index < -0.39 is 11.7 Å². The lowest BCUT2D eigenvalue weighted by Gasteiger charge is -2.10. The molecule has 0 saturated heterocycles. The molecule has 20 heavy (non-hydrogen) atoms. The minimum absolute atomic E-state index is 0.0451. The first-order valence-corrected chi connectivity index (χ1v) is 6.36. The molecule has 1 aromatic heterocycles. The Labute approximate surface area is 119 Å². The third-order valence-corrected chi connectivity index (χ3v) is 2.87. The SMILES string of the molecule is CCOc1ccc(-c2cc(C(F)(F)F)cc(=S)[nH]2)cc1. The fourth-order valence-corrected chi connectivity index (χ4v) is 2.00. The van der Waals surface area contributed by atoms with Crippen molar-refractivity contribution in [2.75, 3.05) is 6.61 Å². The van der Waals surface area contributed by atoms with Crippen LogP contribution >= 0.6 is 12.2 Å². The molecule has 2 rings (SSSR count). The molecule has 0 spiro atoms. The number of hydrogen-bond acceptors (Lipinski definition) is 2. The van der Waals surface area contributed by atoms with Gasteiger partial charge in [0.05, 0.1) is 12.2 Å². The Morgan fingerprint density at radius 3 is 2.35 bits per heavy atom. The van der Waals surface area contributed by atoms with E-state index in [1.165, 1.54) is 0 Å². The van der Waals surface area contributed by atoms with Gasteiger partial charge in [-0.05, 0) is 48.9 Å². The molecule has 0 unspecified atom stereocenters. The average molecular weight is 299 g/mol. The predicted octanol–water partition coefficient (Wildman–Crippen LogP) is 4.83. The van der Waals surface area contributed by atoms with Crippen molar-refractivity contribution < 1.29 is 17.9 Å². The van der Waals surface area contributed by atoms with Crippen LogP contribution in [0.3, 0.4) is 0 Å². The predicted molar refractivity (Wildman–Crippen MR) is 73.2 cm³/mol. The van der Waals surface area contributed by atoms with Crippen LogP contribution in [0.4, 0.5) is 13.2 Å². The van der Waals surface area contributed by atoms with Crippen LogP contribution < -0.4 is 4.74 Å². The van der Waals surface area contributed by atoms with Crippen LogP contribution in [0.5, 0.6) is 5.75 Å². The molecule has 2 nitrogen and oxygen atoms in total. The standard InChI is InChI=1S/C14H12F3NOS/c1-2-19-11-5-3-9(4-6-11)12-7-10(14(15,16)17)8-13(20)18-12/h3-8H,2H2,1H3,(H,18,20). The molecule has 0 aliphatic carbocycles. The topological polar surface area (TPSA) is 25.0 Å². The molecule has 0 radical (unpaired) electrons. The van der Waals surface area contributed by atoms with Crippen molar-refractivity contribution in [2.45, 2.75) is 13.1 Å². The molecule has 0 fully saturated rings. The largest absolute Gasteiger partial charge is 0.494 e. The number of aromatic nitrogens is 1. The number of aromatic amines is 1. The molecule has 0 amide bonds. The van der Waals surface area contributed by atoms with E-state index in [-0.39, 0.29) is 4.64 Å². The molecular formula is C14H12F3NOS. The van der Waals surface area contributed by atoms with Gasteiger partial charge in [0.2, 0.25) is 0 Å². The zero-order valence-electron chi connectivity index (χ0n) is 10.6. The number of halogens is 3. The van der Waals surface area contributed by atoms with E-state index in [1.807, 2.05) is 6.92 Å². The molecule has 2 aromatic rings. The molecule has 0 atom stereocenters. The fourth-order valence-electron chi connectivity index (χ4n) is 1.76. The van der Waals surface area contributed by atoms with E-state index in [0.717, 1.165) is 12.1 Å². The van der Waals surface area contributed by atoms with Crippen molar-refractivity contribution in [3.05, 3.63) is 46.6 Å². The quantitative estimate of drug-likeness (QED) is 0.821. The summed E-state index contributed by atoms with van der Waals surface area (Å²) in [6.45, 7) is 2.39. The van der Waals surface area contributed by atoms with Crippen LogP contribution in [0.15, 0.2) is 36.4 Å². The van der Waals surface area contributed by atoms with E-state index in [9.17, 15) is 13.2 Å². The van der Waals surface area contributed by atoms with Crippen LogP contribution in [-0.4, -0.2) is 11.6 Å². The minimum Gasteiger partial charge on any atom is -0.494 e. The summed E-state index contributed by atoms with van der Waals surface area (Å²) < 4.78 is 43.6. The second-order valence-corrected chi connectivity index (χ2v) is 4.54. The molecule has 0 bridgehead atoms. The van der Waals surface area contributed by atoms with Crippen molar-refractivity contribution in [2.24, 2.45) is 0 Å². The maximum absolute atomic E-state index is 12.7. The van der Waals surface area contributed by atoms with E-state index in [1.54, 1.807) is 24.3 Å². The van der Waals surface area contributed by atoms with Crippen LogP contribution in [0.25, 0.3) is 11.3 Å². The maximum Gasteiger partial charge on any atom is 0.416 e. The van der Waals surface area contributed by atoms with E-state index in [0.29, 0.717) is 23.6 Å². The fraction of sp³-hybridized carbons (Fsp3) is 0.214. The van der Waals surface area contributed by atoms with Gasteiger partial charge in [-0.15, -0.1) is 0 Å². The molecule has 106 valence electrons. The van der Waals surface area contributed by atoms with Gasteiger partial charge in [0.25, 0.3) is 0 Å². The van der Waals surface area contributed by atoms with Crippen LogP contribution in [0.1, 0.15) is 12.5 Å². The molecule has 1 N–H and O–H groups in total. The average Bonchev–Trinajstić information content (AvgIpc) is 2.38. The summed E-state index contributed by atoms with van der Waals surface area (Å²) in [5.74, 6) is 0.668. The normalized spacial score (nSPS) is 11.4. The molecule has 6 heteroatoms. The van der Waals surface area contributed by atoms with Gasteiger partial charge in [-0.2, -0.15) is 13.2 Å². The van der Waals surface area contributed by atoms with Crippen molar-refractivity contribution in [3.8, 4) is 17.0 Å². The van der Waals surface area contributed by atoms with Gasteiger partial charge >= 0.3 is 6.18 Å². The van der Waals surface area contributed by atoms with Gasteiger partial charge in [-0.1, -0.05) is 12.2 Å². The number of pyridine rings is 1. The Hall–Kier alpha value is -1.82. The number of alkyl halides is 3. The molecule has 1 heterocycles. The third kappa shape index (κ3) is 3.39. The number of hydrogen-bond donors (Lipinski definition) is 1. The second kappa shape index (κ2) is 5.66. The Kier molecular flexibility index (Phi) is 4.13. The summed E-state index contributed by atoms with van der Waals surface area (Å²) in [7, 11) is 0. The van der Waals surface area contributed by atoms with Crippen molar-refractivity contribution in [3.63, 3.8) is 0 Å². The summed E-state index contributed by atoms with van der Waals surface area (Å²) in [4.78, 5) is 2.76. The van der Waals surface area contributed by atoms with Gasteiger partial charge in [-0.25, -0.2) is 0 Å². The summed E-state index contributed by atoms with van der Waals surface area (Å²) in [5.41, 5.74) is 0.184. The lowest BCUT2D eigenvalue weighted by Crippen LogP contribution is -2.05. The Morgan fingerprint density at radius 2 is 1.80 bits per heavy atom. The highest BCUT2D eigenvalue weighted by atomic mass is 32.1. The van der Waals surface area contributed by atoms with Gasteiger partial charge in [0.15, 0.2) is 0 Å². The lowest BCUT2D eigenvalue weighted by atomic mass is 10.1. The third-order valence-electron chi connectivity index (χ3n) is 2.65. The summed E-state index contributed by atoms with van der Waals surface area (Å²) in [5, 5.41) is 0. The van der Waals surface area contributed by atoms with Gasteiger partial charge in [0.1, 0.15) is 10.4 Å². The van der Waals surface area contributed by atoms with E-state index in [4.69, 9.17) is 17.0 Å². The monoisotopic (exact) mass is 299 g/mol. The van der Waals surface area contributed by atoms with Gasteiger partial charge in [0, 0.05) is 5.69 Å². The minimum atomic E-state index is -4.41. The maximum atomic E-state index is 12.7. The molecule has 1 aromatic carbocycles. The Morgan fingerprint density at radius 1 is 1.15 bits per heavy atom. The number of rotatable bonds is 3. The zero-order valence-corrected chi connectivity index (χ0v) is 11.4. The van der Waals surface area contributed by atoms with E-state index >= 15 is 0 Å². The Balaban J connectivity index is 2.42. The van der Waals surface area contributed by atoms with Crippen molar-refractivity contribution in [1.29, 1.82) is 0 Å². The summed E-state index contributed by atoms with van der Waals surface area (Å²) in [6, 6.07) is 8.74. The highest BCUT2D eigenvalue weighted by Gasteiger charge is 2.31. The van der Waals surface area contributed by atoms with Crippen molar-refractivity contribution in [1.82, 2.24) is 4.98 Å². The van der Waals surface area contributed by atoms with Crippen LogP contribution in [-0.2, 0) is 6.18 Å². The number of nitrogens with one attached hydrogen (secondary N) is 1. The van der Waals surface area contributed by atoms with Gasteiger partial charge in [-0.3, -0.25) is 0 Å². The van der Waals surface area contributed by atoms with Crippen LogP contribution in [0, 0.1) is 4.64 Å². The first kappa shape index (κ1) is 14.6. The molecule has 0 saturated carbocycles. The molecule has 0 aliphatic rings. The Bertz CT molecular complexity index is 647. The second-order valence-electron chi connectivity index (χ2n) is 4.10. The number of ether oxygens (including phenoxy) is 1. The van der Waals surface area contributed by atoms with Crippen molar-refractivity contribution >= 4 is 12.2 Å².